The molecular formula is C15H17NO6. The fraction of sp³-hybridized carbons (Fsp3) is 0.333. The van der Waals surface area contributed by atoms with Gasteiger partial charge in [0.1, 0.15) is 6.61 Å². The first kappa shape index (κ1) is 15.8. The van der Waals surface area contributed by atoms with E-state index in [0.29, 0.717) is 17.1 Å². The van der Waals surface area contributed by atoms with Crippen LogP contribution < -0.4 is 14.8 Å². The summed E-state index contributed by atoms with van der Waals surface area (Å²) in [6, 6.07) is 5.37. The Balaban J connectivity index is 2.08. The van der Waals surface area contributed by atoms with E-state index in [9.17, 15) is 9.59 Å². The Kier molecular flexibility index (Phi) is 5.00. The Hall–Kier alpha value is -2.54. The van der Waals surface area contributed by atoms with Crippen molar-refractivity contribution in [3.8, 4) is 11.5 Å². The molecule has 0 fully saturated rings. The first-order valence-electron chi connectivity index (χ1n) is 6.61. The van der Waals surface area contributed by atoms with Gasteiger partial charge in [0.2, 0.25) is 0 Å². The molecule has 1 aliphatic rings. The maximum absolute atomic E-state index is 12.1. The van der Waals surface area contributed by atoms with Crippen molar-refractivity contribution in [2.45, 2.75) is 6.10 Å². The van der Waals surface area contributed by atoms with Crippen molar-refractivity contribution in [3.05, 3.63) is 29.3 Å². The fourth-order valence-corrected chi connectivity index (χ4v) is 2.04. The zero-order chi connectivity index (χ0) is 16.1. The third-order valence-electron chi connectivity index (χ3n) is 3.23. The lowest BCUT2D eigenvalue weighted by molar-refractivity contribution is -0.148. The van der Waals surface area contributed by atoms with Crippen LogP contribution in [0.5, 0.6) is 11.5 Å². The molecule has 1 amide bonds. The topological polar surface area (TPSA) is 94.1 Å². The third-order valence-corrected chi connectivity index (χ3v) is 3.23. The predicted octanol–water partition coefficient (Wildman–Crippen LogP) is 0.687. The van der Waals surface area contributed by atoms with Gasteiger partial charge in [-0.3, -0.25) is 4.79 Å². The van der Waals surface area contributed by atoms with Gasteiger partial charge in [-0.1, -0.05) is 12.1 Å². The summed E-state index contributed by atoms with van der Waals surface area (Å²) in [4.78, 5) is 22.9. The van der Waals surface area contributed by atoms with E-state index in [0.717, 1.165) is 5.56 Å². The lowest BCUT2D eigenvalue weighted by Gasteiger charge is -2.20. The molecule has 1 atom stereocenters. The number of rotatable bonds is 6. The van der Waals surface area contributed by atoms with Crippen LogP contribution in [0.3, 0.4) is 0 Å². The van der Waals surface area contributed by atoms with Crippen LogP contribution in [0.15, 0.2) is 23.8 Å². The van der Waals surface area contributed by atoms with Gasteiger partial charge in [0.25, 0.3) is 5.91 Å². The van der Waals surface area contributed by atoms with Crippen LogP contribution in [0, 0.1) is 0 Å². The van der Waals surface area contributed by atoms with Crippen molar-refractivity contribution in [2.24, 2.45) is 0 Å². The Labute approximate surface area is 127 Å². The van der Waals surface area contributed by atoms with E-state index in [4.69, 9.17) is 19.3 Å². The number of hydrogen-bond donors (Lipinski definition) is 2. The van der Waals surface area contributed by atoms with Crippen LogP contribution in [-0.4, -0.2) is 50.5 Å². The summed E-state index contributed by atoms with van der Waals surface area (Å²) >= 11 is 0. The highest BCUT2D eigenvalue weighted by Gasteiger charge is 2.22. The maximum Gasteiger partial charge on any atom is 0.334 e. The molecule has 0 spiro atoms. The highest BCUT2D eigenvalue weighted by atomic mass is 16.5. The summed E-state index contributed by atoms with van der Waals surface area (Å²) in [6.07, 6.45) is 0.612. The molecular weight excluding hydrogens is 290 g/mol. The molecule has 0 aliphatic carbocycles. The number of carbonyl (C=O) groups excluding carboxylic acids is 1. The minimum absolute atomic E-state index is 0.0872. The number of para-hydroxylation sites is 1. The number of amides is 1. The van der Waals surface area contributed by atoms with Crippen molar-refractivity contribution >= 4 is 18.0 Å². The van der Waals surface area contributed by atoms with Gasteiger partial charge in [-0.15, -0.1) is 0 Å². The lowest BCUT2D eigenvalue weighted by atomic mass is 10.1. The van der Waals surface area contributed by atoms with E-state index in [2.05, 4.69) is 5.32 Å². The molecule has 22 heavy (non-hydrogen) atoms. The molecule has 1 aromatic carbocycles. The summed E-state index contributed by atoms with van der Waals surface area (Å²) in [7, 11) is 2.82. The molecule has 2 rings (SSSR count). The van der Waals surface area contributed by atoms with E-state index in [1.807, 2.05) is 0 Å². The van der Waals surface area contributed by atoms with Crippen LogP contribution in [0.1, 0.15) is 5.56 Å². The number of benzene rings is 1. The summed E-state index contributed by atoms with van der Waals surface area (Å²) in [5.41, 5.74) is 1.14. The SMILES string of the molecule is COc1cccc2c1OCC(C(=O)NCC(OC)C(=O)O)=C2. The molecule has 1 aromatic rings. The van der Waals surface area contributed by atoms with Crippen LogP contribution in [0.4, 0.5) is 0 Å². The normalized spacial score (nSPS) is 14.2. The molecule has 1 heterocycles. The van der Waals surface area contributed by atoms with Gasteiger partial charge in [-0.2, -0.15) is 0 Å². The molecule has 1 unspecified atom stereocenters. The average Bonchev–Trinajstić information content (AvgIpc) is 2.53. The number of hydrogen-bond acceptors (Lipinski definition) is 5. The number of nitrogens with one attached hydrogen (secondary N) is 1. The number of carboxylic acid groups (broad SMARTS) is 1. The van der Waals surface area contributed by atoms with Gasteiger partial charge in [-0.25, -0.2) is 4.79 Å². The van der Waals surface area contributed by atoms with Crippen LogP contribution in [0.25, 0.3) is 6.08 Å². The van der Waals surface area contributed by atoms with E-state index in [1.165, 1.54) is 7.11 Å². The maximum atomic E-state index is 12.1. The number of fused-ring (bicyclic) bond motifs is 1. The predicted molar refractivity (Wildman–Crippen MR) is 77.9 cm³/mol. The van der Waals surface area contributed by atoms with Crippen LogP contribution >= 0.6 is 0 Å². The Morgan fingerprint density at radius 1 is 1.41 bits per heavy atom. The molecule has 0 saturated heterocycles. The van der Waals surface area contributed by atoms with E-state index in [1.54, 1.807) is 31.4 Å². The molecule has 118 valence electrons. The van der Waals surface area contributed by atoms with Crippen molar-refractivity contribution in [1.82, 2.24) is 5.32 Å². The van der Waals surface area contributed by atoms with Gasteiger partial charge in [-0.05, 0) is 12.1 Å². The molecule has 0 radical (unpaired) electrons. The molecule has 0 aromatic heterocycles. The molecule has 0 bridgehead atoms. The van der Waals surface area contributed by atoms with Gasteiger partial charge in [0.05, 0.1) is 19.2 Å². The summed E-state index contributed by atoms with van der Waals surface area (Å²) in [5.74, 6) is -0.344. The Morgan fingerprint density at radius 3 is 2.82 bits per heavy atom. The summed E-state index contributed by atoms with van der Waals surface area (Å²) in [6.45, 7) is -0.0309. The Morgan fingerprint density at radius 2 is 2.18 bits per heavy atom. The van der Waals surface area contributed by atoms with E-state index >= 15 is 0 Å². The molecule has 1 aliphatic heterocycles. The first-order valence-corrected chi connectivity index (χ1v) is 6.61. The second-order valence-electron chi connectivity index (χ2n) is 4.61. The fourth-order valence-electron chi connectivity index (χ4n) is 2.04. The minimum Gasteiger partial charge on any atom is -0.493 e. The first-order chi connectivity index (χ1) is 10.6. The molecule has 7 heteroatoms. The van der Waals surface area contributed by atoms with Crippen molar-refractivity contribution in [1.29, 1.82) is 0 Å². The largest absolute Gasteiger partial charge is 0.493 e. The molecule has 7 nitrogen and oxygen atoms in total. The zero-order valence-electron chi connectivity index (χ0n) is 12.3. The second kappa shape index (κ2) is 6.95. The van der Waals surface area contributed by atoms with Gasteiger partial charge < -0.3 is 24.6 Å². The molecule has 0 saturated carbocycles. The van der Waals surface area contributed by atoms with Gasteiger partial charge in [0.15, 0.2) is 17.6 Å². The smallest absolute Gasteiger partial charge is 0.334 e. The van der Waals surface area contributed by atoms with Crippen LogP contribution in [-0.2, 0) is 14.3 Å². The number of methoxy groups -OCH3 is 2. The standard InChI is InChI=1S/C15H17NO6/c1-20-11-5-3-4-9-6-10(8-22-13(9)11)14(17)16-7-12(21-2)15(18)19/h3-6,12H,7-8H2,1-2H3,(H,16,17)(H,18,19). The minimum atomic E-state index is -1.13. The zero-order valence-corrected chi connectivity index (χ0v) is 12.3. The number of ether oxygens (including phenoxy) is 3. The second-order valence-corrected chi connectivity index (χ2v) is 4.61. The molecule has 2 N–H and O–H groups in total. The third kappa shape index (κ3) is 3.37. The highest BCUT2D eigenvalue weighted by molar-refractivity contribution is 5.99. The van der Waals surface area contributed by atoms with E-state index < -0.39 is 18.0 Å². The highest BCUT2D eigenvalue weighted by Crippen LogP contribution is 2.35. The lowest BCUT2D eigenvalue weighted by Crippen LogP contribution is -2.39. The van der Waals surface area contributed by atoms with Crippen molar-refractivity contribution in [2.75, 3.05) is 27.4 Å². The quantitative estimate of drug-likeness (QED) is 0.803. The van der Waals surface area contributed by atoms with E-state index in [-0.39, 0.29) is 13.2 Å². The number of aliphatic carboxylic acids is 1. The van der Waals surface area contributed by atoms with Crippen molar-refractivity contribution < 1.29 is 28.9 Å². The average molecular weight is 307 g/mol. The monoisotopic (exact) mass is 307 g/mol. The summed E-state index contributed by atoms with van der Waals surface area (Å²) < 4.78 is 15.5. The van der Waals surface area contributed by atoms with Crippen molar-refractivity contribution in [3.63, 3.8) is 0 Å². The van der Waals surface area contributed by atoms with Crippen LogP contribution in [0.2, 0.25) is 0 Å². The number of carbonyl (C=O) groups is 2. The number of carboxylic acids is 1. The van der Waals surface area contributed by atoms with Gasteiger partial charge >= 0.3 is 5.97 Å². The Bertz CT molecular complexity index is 610. The van der Waals surface area contributed by atoms with Gasteiger partial charge in [0, 0.05) is 12.7 Å². The summed E-state index contributed by atoms with van der Waals surface area (Å²) in [5, 5.41) is 11.4.